The summed E-state index contributed by atoms with van der Waals surface area (Å²) in [5, 5.41) is 3.32. The normalized spacial score (nSPS) is 18.9. The summed E-state index contributed by atoms with van der Waals surface area (Å²) in [6.45, 7) is 0.778. The largest absolute Gasteiger partial charge is 0.373 e. The molecule has 2 N–H and O–H groups in total. The van der Waals surface area contributed by atoms with Crippen molar-refractivity contribution in [1.29, 1.82) is 0 Å². The summed E-state index contributed by atoms with van der Waals surface area (Å²) in [6.07, 6.45) is 1.67. The zero-order valence-corrected chi connectivity index (χ0v) is 13.4. The molecule has 122 valence electrons. The Bertz CT molecular complexity index is 705. The molecule has 2 aromatic carbocycles. The summed E-state index contributed by atoms with van der Waals surface area (Å²) in [6, 6.07) is 18.1. The lowest BCUT2D eigenvalue weighted by atomic mass is 9.77. The summed E-state index contributed by atoms with van der Waals surface area (Å²) in [7, 11) is -4.91. The summed E-state index contributed by atoms with van der Waals surface area (Å²) in [5.41, 5.74) is 0.255. The molecule has 0 radical (unpaired) electrons. The summed E-state index contributed by atoms with van der Waals surface area (Å²) >= 11 is 0. The van der Waals surface area contributed by atoms with E-state index < -0.39 is 15.9 Å². The van der Waals surface area contributed by atoms with Crippen molar-refractivity contribution in [3.63, 3.8) is 0 Å². The van der Waals surface area contributed by atoms with E-state index in [2.05, 4.69) is 10.0 Å². The van der Waals surface area contributed by atoms with E-state index >= 15 is 0 Å². The van der Waals surface area contributed by atoms with Gasteiger partial charge < -0.3 is 5.32 Å². The molecule has 1 aliphatic heterocycles. The Kier molecular flexibility index (Phi) is 4.48. The van der Waals surface area contributed by atoms with Gasteiger partial charge in [-0.15, -0.1) is 0 Å². The van der Waals surface area contributed by atoms with Crippen LogP contribution >= 0.6 is 0 Å². The molecule has 0 bridgehead atoms. The lowest BCUT2D eigenvalue weighted by molar-refractivity contribution is 0.344. The van der Waals surface area contributed by atoms with Gasteiger partial charge in [-0.3, -0.25) is 0 Å². The van der Waals surface area contributed by atoms with Gasteiger partial charge >= 0.3 is 10.4 Å². The van der Waals surface area contributed by atoms with E-state index in [9.17, 15) is 12.3 Å². The highest BCUT2D eigenvalue weighted by molar-refractivity contribution is 7.84. The lowest BCUT2D eigenvalue weighted by Gasteiger charge is -2.39. The molecule has 1 fully saturated rings. The molecule has 0 saturated carbocycles. The Morgan fingerprint density at radius 3 is 1.91 bits per heavy atom. The first-order valence-electron chi connectivity index (χ1n) is 7.60. The zero-order chi connectivity index (χ0) is 16.3. The van der Waals surface area contributed by atoms with Crippen LogP contribution in [0, 0.1) is 0 Å². The van der Waals surface area contributed by atoms with Crippen LogP contribution in [0.15, 0.2) is 60.7 Å². The number of rotatable bonds is 5. The van der Waals surface area contributed by atoms with Crippen LogP contribution in [-0.2, 0) is 15.9 Å². The molecule has 23 heavy (non-hydrogen) atoms. The summed E-state index contributed by atoms with van der Waals surface area (Å²) < 4.78 is 39.1. The topological polar surface area (TPSA) is 58.2 Å². The van der Waals surface area contributed by atoms with Crippen LogP contribution in [0.3, 0.4) is 0 Å². The monoisotopic (exact) mass is 334 g/mol. The van der Waals surface area contributed by atoms with Crippen molar-refractivity contribution in [2.45, 2.75) is 24.4 Å². The maximum atomic E-state index is 13.7. The maximum absolute atomic E-state index is 13.7. The van der Waals surface area contributed by atoms with Gasteiger partial charge in [-0.25, -0.2) is 0 Å². The molecule has 0 amide bonds. The highest BCUT2D eigenvalue weighted by Gasteiger charge is 2.46. The second kappa shape index (κ2) is 6.39. The third kappa shape index (κ3) is 3.29. The SMILES string of the molecule is O=S(=O)(F)NC(c1ccccc1)(c1ccccc1)[C@@H]1CCCN1. The van der Waals surface area contributed by atoms with Crippen molar-refractivity contribution < 1.29 is 12.3 Å². The Hall–Kier alpha value is -1.76. The number of benzene rings is 2. The Morgan fingerprint density at radius 2 is 1.52 bits per heavy atom. The van der Waals surface area contributed by atoms with Crippen molar-refractivity contribution in [1.82, 2.24) is 10.0 Å². The van der Waals surface area contributed by atoms with Gasteiger partial charge in [0.15, 0.2) is 0 Å². The highest BCUT2D eigenvalue weighted by atomic mass is 32.3. The standard InChI is InChI=1S/C17H19FN2O2S/c18-23(21,22)20-17(16-12-7-13-19-16,14-8-3-1-4-9-14)15-10-5-2-6-11-15/h1-6,8-11,16,19-20H,7,12-13H2/t16-/m0/s1. The molecule has 0 unspecified atom stereocenters. The second-order valence-corrected chi connectivity index (χ2v) is 6.81. The fraction of sp³-hybridized carbons (Fsp3) is 0.294. The first-order valence-corrected chi connectivity index (χ1v) is 8.99. The molecule has 0 aromatic heterocycles. The van der Waals surface area contributed by atoms with Crippen LogP contribution in [-0.4, -0.2) is 21.0 Å². The molecule has 1 atom stereocenters. The average Bonchev–Trinajstić information content (AvgIpc) is 3.08. The fourth-order valence-corrected chi connectivity index (χ4v) is 4.17. The summed E-state index contributed by atoms with van der Waals surface area (Å²) in [4.78, 5) is 0. The van der Waals surface area contributed by atoms with E-state index in [0.29, 0.717) is 11.1 Å². The first-order chi connectivity index (χ1) is 11.0. The van der Waals surface area contributed by atoms with E-state index in [1.54, 1.807) is 0 Å². The number of hydrogen-bond donors (Lipinski definition) is 2. The van der Waals surface area contributed by atoms with Gasteiger partial charge in [0.1, 0.15) is 5.54 Å². The molecule has 4 nitrogen and oxygen atoms in total. The average molecular weight is 334 g/mol. The minimum Gasteiger partial charge on any atom is -0.311 e. The Morgan fingerprint density at radius 1 is 1.00 bits per heavy atom. The molecule has 6 heteroatoms. The Balaban J connectivity index is 2.24. The molecule has 1 saturated heterocycles. The second-order valence-electron chi connectivity index (χ2n) is 5.73. The smallest absolute Gasteiger partial charge is 0.311 e. The molecular formula is C17H19FN2O2S. The van der Waals surface area contributed by atoms with Gasteiger partial charge in [-0.05, 0) is 30.5 Å². The van der Waals surface area contributed by atoms with Crippen molar-refractivity contribution >= 4 is 10.4 Å². The third-order valence-electron chi connectivity index (χ3n) is 4.32. The van der Waals surface area contributed by atoms with E-state index in [0.717, 1.165) is 19.4 Å². The minimum atomic E-state index is -4.91. The van der Waals surface area contributed by atoms with E-state index in [1.165, 1.54) is 0 Å². The third-order valence-corrected chi connectivity index (χ3v) is 4.89. The molecular weight excluding hydrogens is 315 g/mol. The lowest BCUT2D eigenvalue weighted by Crippen LogP contribution is -2.57. The van der Waals surface area contributed by atoms with Crippen LogP contribution in [0.5, 0.6) is 0 Å². The number of nitrogens with one attached hydrogen (secondary N) is 2. The van der Waals surface area contributed by atoms with Gasteiger partial charge in [0.05, 0.1) is 0 Å². The quantitative estimate of drug-likeness (QED) is 0.826. The van der Waals surface area contributed by atoms with Crippen LogP contribution in [0.2, 0.25) is 0 Å². The van der Waals surface area contributed by atoms with Crippen molar-refractivity contribution in [2.24, 2.45) is 0 Å². The molecule has 0 aliphatic carbocycles. The van der Waals surface area contributed by atoms with Crippen molar-refractivity contribution in [2.75, 3.05) is 6.54 Å². The van der Waals surface area contributed by atoms with E-state index in [-0.39, 0.29) is 6.04 Å². The molecule has 3 rings (SSSR count). The molecule has 2 aromatic rings. The van der Waals surface area contributed by atoms with Gasteiger partial charge in [0.2, 0.25) is 0 Å². The molecule has 1 heterocycles. The van der Waals surface area contributed by atoms with E-state index in [4.69, 9.17) is 0 Å². The van der Waals surface area contributed by atoms with Gasteiger partial charge in [-0.2, -0.15) is 13.1 Å². The van der Waals surface area contributed by atoms with Gasteiger partial charge in [0.25, 0.3) is 0 Å². The van der Waals surface area contributed by atoms with Crippen LogP contribution in [0.25, 0.3) is 0 Å². The van der Waals surface area contributed by atoms with Crippen molar-refractivity contribution in [3.05, 3.63) is 71.8 Å². The van der Waals surface area contributed by atoms with Crippen LogP contribution in [0.4, 0.5) is 3.89 Å². The van der Waals surface area contributed by atoms with Gasteiger partial charge in [-0.1, -0.05) is 64.5 Å². The van der Waals surface area contributed by atoms with Crippen LogP contribution in [0.1, 0.15) is 24.0 Å². The predicted molar refractivity (Wildman–Crippen MR) is 87.9 cm³/mol. The zero-order valence-electron chi connectivity index (χ0n) is 12.6. The van der Waals surface area contributed by atoms with Gasteiger partial charge in [0, 0.05) is 6.04 Å². The number of halogens is 1. The minimum absolute atomic E-state index is 0.224. The fourth-order valence-electron chi connectivity index (χ4n) is 3.41. The molecule has 1 aliphatic rings. The van der Waals surface area contributed by atoms with E-state index in [1.807, 2.05) is 60.7 Å². The molecule has 0 spiro atoms. The van der Waals surface area contributed by atoms with Crippen molar-refractivity contribution in [3.8, 4) is 0 Å². The summed E-state index contributed by atoms with van der Waals surface area (Å²) in [5.74, 6) is 0. The predicted octanol–water partition coefficient (Wildman–Crippen LogP) is 2.49. The maximum Gasteiger partial charge on any atom is 0.373 e. The first kappa shape index (κ1) is 16.1. The van der Waals surface area contributed by atoms with Crippen LogP contribution < -0.4 is 10.0 Å². The highest BCUT2D eigenvalue weighted by Crippen LogP contribution is 2.37. The Labute approximate surface area is 136 Å². The number of hydrogen-bond acceptors (Lipinski definition) is 3.